The second-order valence-electron chi connectivity index (χ2n) is 3.06. The third-order valence-electron chi connectivity index (χ3n) is 2.10. The molecule has 69 valence electrons. The van der Waals surface area contributed by atoms with Crippen LogP contribution in [0.4, 0.5) is 0 Å². The number of carbonyl (C=O) groups excluding carboxylic acids is 1. The minimum absolute atomic E-state index is 0.237. The molecule has 0 bridgehead atoms. The molecule has 0 N–H and O–H groups in total. The van der Waals surface area contributed by atoms with Gasteiger partial charge >= 0.3 is 0 Å². The van der Waals surface area contributed by atoms with Crippen LogP contribution >= 0.6 is 0 Å². The van der Waals surface area contributed by atoms with Crippen molar-refractivity contribution in [3.63, 3.8) is 0 Å². The first-order valence-electron chi connectivity index (χ1n) is 4.40. The Balaban J connectivity index is 2.15. The number of hydrogen-bond donors (Lipinski definition) is 0. The highest BCUT2D eigenvalue weighted by molar-refractivity contribution is 5.37. The van der Waals surface area contributed by atoms with E-state index in [9.17, 15) is 4.79 Å². The Kier molecular flexibility index (Phi) is 4.08. The van der Waals surface area contributed by atoms with Crippen LogP contribution in [0, 0.1) is 6.92 Å². The summed E-state index contributed by atoms with van der Waals surface area (Å²) in [5.41, 5.74) is 0. The summed E-state index contributed by atoms with van der Waals surface area (Å²) in [6, 6.07) is 0. The van der Waals surface area contributed by atoms with Gasteiger partial charge in [0.2, 0.25) is 6.29 Å². The summed E-state index contributed by atoms with van der Waals surface area (Å²) in [7, 11) is 0. The molecule has 0 heterocycles. The average molecular weight is 171 g/mol. The van der Waals surface area contributed by atoms with E-state index in [1.165, 1.54) is 19.3 Å². The monoisotopic (exact) mass is 171 g/mol. The lowest BCUT2D eigenvalue weighted by atomic mass is 9.98. The normalized spacial score (nSPS) is 21.8. The van der Waals surface area contributed by atoms with Crippen molar-refractivity contribution in [1.29, 1.82) is 0 Å². The quantitative estimate of drug-likeness (QED) is 0.476. The molecule has 3 heteroatoms. The van der Waals surface area contributed by atoms with Gasteiger partial charge in [-0.05, 0) is 12.8 Å². The van der Waals surface area contributed by atoms with Crippen LogP contribution in [0.3, 0.4) is 0 Å². The zero-order valence-electron chi connectivity index (χ0n) is 7.20. The Bertz CT molecular complexity index is 130. The molecule has 0 saturated heterocycles. The van der Waals surface area contributed by atoms with Crippen molar-refractivity contribution in [2.45, 2.75) is 44.5 Å². The van der Waals surface area contributed by atoms with Gasteiger partial charge in [0.15, 0.2) is 0 Å². The van der Waals surface area contributed by atoms with E-state index in [0.29, 0.717) is 6.47 Å². The molecular weight excluding hydrogens is 156 g/mol. The molecular formula is C9H15O3. The molecule has 1 fully saturated rings. The molecule has 0 aromatic carbocycles. The standard InChI is InChI=1S/C9H15O3/c1-8(11-7-10)12-9-5-3-2-4-6-9/h7-9H,1-6H2. The predicted octanol–water partition coefficient (Wildman–Crippen LogP) is 1.67. The Hall–Kier alpha value is -0.570. The molecule has 1 aliphatic carbocycles. The lowest BCUT2D eigenvalue weighted by Gasteiger charge is -2.24. The zero-order chi connectivity index (χ0) is 8.81. The molecule has 1 rings (SSSR count). The van der Waals surface area contributed by atoms with Crippen LogP contribution in [0.15, 0.2) is 0 Å². The largest absolute Gasteiger partial charge is 0.438 e. The van der Waals surface area contributed by atoms with Crippen molar-refractivity contribution in [2.24, 2.45) is 0 Å². The molecule has 0 aliphatic heterocycles. The summed E-state index contributed by atoms with van der Waals surface area (Å²) < 4.78 is 9.90. The number of carbonyl (C=O) groups is 1. The van der Waals surface area contributed by atoms with Crippen LogP contribution in [-0.2, 0) is 14.3 Å². The molecule has 0 spiro atoms. The molecule has 0 aromatic rings. The van der Waals surface area contributed by atoms with Gasteiger partial charge in [0.25, 0.3) is 6.47 Å². The number of rotatable bonds is 4. The maximum atomic E-state index is 9.91. The van der Waals surface area contributed by atoms with Gasteiger partial charge < -0.3 is 9.47 Å². The molecule has 1 unspecified atom stereocenters. The maximum Gasteiger partial charge on any atom is 0.295 e. The average Bonchev–Trinajstić information content (AvgIpc) is 2.06. The Morgan fingerprint density at radius 1 is 1.33 bits per heavy atom. The topological polar surface area (TPSA) is 35.5 Å². The fourth-order valence-corrected chi connectivity index (χ4v) is 1.51. The molecule has 3 nitrogen and oxygen atoms in total. The Morgan fingerprint density at radius 2 is 2.00 bits per heavy atom. The van der Waals surface area contributed by atoms with Gasteiger partial charge in [0, 0.05) is 6.92 Å². The van der Waals surface area contributed by atoms with Crippen LogP contribution in [0.5, 0.6) is 0 Å². The summed E-state index contributed by atoms with van der Waals surface area (Å²) >= 11 is 0. The van der Waals surface area contributed by atoms with Crippen molar-refractivity contribution in [2.75, 3.05) is 0 Å². The SMILES string of the molecule is [CH2]C(OC=O)OC1CCCCC1. The van der Waals surface area contributed by atoms with Crippen molar-refractivity contribution in [3.8, 4) is 0 Å². The highest BCUT2D eigenvalue weighted by Crippen LogP contribution is 2.21. The number of hydrogen-bond acceptors (Lipinski definition) is 3. The van der Waals surface area contributed by atoms with Gasteiger partial charge in [-0.25, -0.2) is 0 Å². The van der Waals surface area contributed by atoms with E-state index in [0.717, 1.165) is 12.8 Å². The molecule has 1 saturated carbocycles. The molecule has 0 amide bonds. The maximum absolute atomic E-state index is 9.91. The second-order valence-corrected chi connectivity index (χ2v) is 3.06. The van der Waals surface area contributed by atoms with Crippen LogP contribution in [-0.4, -0.2) is 18.9 Å². The lowest BCUT2D eigenvalue weighted by Crippen LogP contribution is -2.24. The number of ether oxygens (including phenoxy) is 2. The highest BCUT2D eigenvalue weighted by Gasteiger charge is 2.16. The van der Waals surface area contributed by atoms with E-state index in [1.54, 1.807) is 0 Å². The Labute approximate surface area is 73.0 Å². The third-order valence-corrected chi connectivity index (χ3v) is 2.10. The lowest BCUT2D eigenvalue weighted by molar-refractivity contribution is -0.166. The fraction of sp³-hybridized carbons (Fsp3) is 0.778. The van der Waals surface area contributed by atoms with Crippen molar-refractivity contribution < 1.29 is 14.3 Å². The van der Waals surface area contributed by atoms with Crippen LogP contribution in [0.1, 0.15) is 32.1 Å². The Morgan fingerprint density at radius 3 is 2.58 bits per heavy atom. The first-order chi connectivity index (χ1) is 5.83. The van der Waals surface area contributed by atoms with Gasteiger partial charge in [0.05, 0.1) is 6.10 Å². The molecule has 1 radical (unpaired) electrons. The summed E-state index contributed by atoms with van der Waals surface area (Å²) in [6.07, 6.45) is 5.43. The molecule has 1 atom stereocenters. The van der Waals surface area contributed by atoms with Crippen LogP contribution in [0.25, 0.3) is 0 Å². The smallest absolute Gasteiger partial charge is 0.295 e. The van der Waals surface area contributed by atoms with E-state index < -0.39 is 6.29 Å². The minimum Gasteiger partial charge on any atom is -0.438 e. The van der Waals surface area contributed by atoms with E-state index in [1.807, 2.05) is 0 Å². The summed E-state index contributed by atoms with van der Waals surface area (Å²) in [4.78, 5) is 9.91. The van der Waals surface area contributed by atoms with Crippen LogP contribution in [0.2, 0.25) is 0 Å². The third kappa shape index (κ3) is 3.22. The summed E-state index contributed by atoms with van der Waals surface area (Å²) in [5, 5.41) is 0. The minimum atomic E-state index is -0.634. The van der Waals surface area contributed by atoms with Crippen molar-refractivity contribution in [3.05, 3.63) is 6.92 Å². The molecule has 0 aromatic heterocycles. The first kappa shape index (κ1) is 9.52. The van der Waals surface area contributed by atoms with Gasteiger partial charge in [-0.1, -0.05) is 19.3 Å². The second kappa shape index (κ2) is 5.14. The van der Waals surface area contributed by atoms with Crippen LogP contribution < -0.4 is 0 Å². The van der Waals surface area contributed by atoms with Gasteiger partial charge in [0.1, 0.15) is 0 Å². The highest BCUT2D eigenvalue weighted by atomic mass is 16.7. The van der Waals surface area contributed by atoms with Crippen molar-refractivity contribution >= 4 is 6.47 Å². The predicted molar refractivity (Wildman–Crippen MR) is 44.3 cm³/mol. The van der Waals surface area contributed by atoms with Gasteiger partial charge in [-0.3, -0.25) is 4.79 Å². The van der Waals surface area contributed by atoms with Gasteiger partial charge in [-0.15, -0.1) is 0 Å². The van der Waals surface area contributed by atoms with Crippen molar-refractivity contribution in [1.82, 2.24) is 0 Å². The molecule has 1 aliphatic rings. The fourth-order valence-electron chi connectivity index (χ4n) is 1.51. The van der Waals surface area contributed by atoms with E-state index in [-0.39, 0.29) is 6.10 Å². The molecule has 12 heavy (non-hydrogen) atoms. The van der Waals surface area contributed by atoms with E-state index >= 15 is 0 Å². The first-order valence-corrected chi connectivity index (χ1v) is 4.40. The zero-order valence-corrected chi connectivity index (χ0v) is 7.20. The summed E-state index contributed by atoms with van der Waals surface area (Å²) in [5.74, 6) is 0. The van der Waals surface area contributed by atoms with E-state index in [2.05, 4.69) is 11.7 Å². The van der Waals surface area contributed by atoms with E-state index in [4.69, 9.17) is 4.74 Å². The van der Waals surface area contributed by atoms with Gasteiger partial charge in [-0.2, -0.15) is 0 Å². The summed E-state index contributed by atoms with van der Waals surface area (Å²) in [6.45, 7) is 3.92.